The number of anilines is 1. The third kappa shape index (κ3) is 3.76. The summed E-state index contributed by atoms with van der Waals surface area (Å²) in [4.78, 5) is 22.8. The summed E-state index contributed by atoms with van der Waals surface area (Å²) in [5.41, 5.74) is 7.14. The maximum atomic E-state index is 11.5. The lowest BCUT2D eigenvalue weighted by Crippen LogP contribution is -2.31. The lowest BCUT2D eigenvalue weighted by Gasteiger charge is -2.12. The van der Waals surface area contributed by atoms with E-state index in [1.165, 1.54) is 0 Å². The second-order valence-corrected chi connectivity index (χ2v) is 4.07. The van der Waals surface area contributed by atoms with Crippen molar-refractivity contribution in [1.29, 1.82) is 0 Å². The van der Waals surface area contributed by atoms with Crippen molar-refractivity contribution in [3.63, 3.8) is 0 Å². The number of amides is 2. The molecule has 0 aliphatic heterocycles. The number of benzene rings is 1. The van der Waals surface area contributed by atoms with Gasteiger partial charge in [0.25, 0.3) is 5.91 Å². The highest BCUT2D eigenvalue weighted by molar-refractivity contribution is 6.00. The van der Waals surface area contributed by atoms with Gasteiger partial charge in [-0.25, -0.2) is 0 Å². The van der Waals surface area contributed by atoms with Crippen LogP contribution in [0.4, 0.5) is 5.69 Å². The molecule has 0 aromatic heterocycles. The van der Waals surface area contributed by atoms with Crippen LogP contribution in [0, 0.1) is 6.92 Å². The van der Waals surface area contributed by atoms with Crippen molar-refractivity contribution in [1.82, 2.24) is 5.32 Å². The smallest absolute Gasteiger partial charge is 0.251 e. The number of nitrogens with two attached hydrogens (primary N) is 1. The predicted octanol–water partition coefficient (Wildman–Crippen LogP) is 1.03. The Morgan fingerprint density at radius 1 is 1.33 bits per heavy atom. The van der Waals surface area contributed by atoms with E-state index in [1.807, 2.05) is 26.0 Å². The van der Waals surface area contributed by atoms with Gasteiger partial charge in [0, 0.05) is 12.2 Å². The summed E-state index contributed by atoms with van der Waals surface area (Å²) in [5, 5.41) is 5.68. The molecule has 2 amide bonds. The summed E-state index contributed by atoms with van der Waals surface area (Å²) in [6, 6.07) is 5.36. The summed E-state index contributed by atoms with van der Waals surface area (Å²) in [7, 11) is 0. The van der Waals surface area contributed by atoms with Gasteiger partial charge in [0.1, 0.15) is 0 Å². The van der Waals surface area contributed by atoms with Crippen molar-refractivity contribution in [2.24, 2.45) is 5.73 Å². The monoisotopic (exact) mass is 249 g/mol. The average molecular weight is 249 g/mol. The summed E-state index contributed by atoms with van der Waals surface area (Å²) in [6.07, 6.45) is 0.892. The van der Waals surface area contributed by atoms with E-state index in [1.54, 1.807) is 6.07 Å². The Bertz CT molecular complexity index is 444. The van der Waals surface area contributed by atoms with Gasteiger partial charge in [-0.3, -0.25) is 9.59 Å². The highest BCUT2D eigenvalue weighted by Crippen LogP contribution is 2.18. The molecule has 0 saturated heterocycles. The van der Waals surface area contributed by atoms with Gasteiger partial charge in [-0.15, -0.1) is 0 Å². The lowest BCUT2D eigenvalue weighted by molar-refractivity contribution is -0.119. The van der Waals surface area contributed by atoms with Gasteiger partial charge in [-0.2, -0.15) is 0 Å². The molecule has 5 heteroatoms. The molecule has 0 radical (unpaired) electrons. The first kappa shape index (κ1) is 14.0. The first-order valence-electron chi connectivity index (χ1n) is 5.96. The first-order valence-corrected chi connectivity index (χ1v) is 5.96. The van der Waals surface area contributed by atoms with Crippen LogP contribution in [-0.2, 0) is 4.79 Å². The minimum absolute atomic E-state index is 0.103. The van der Waals surface area contributed by atoms with E-state index >= 15 is 0 Å². The van der Waals surface area contributed by atoms with Crippen molar-refractivity contribution in [2.75, 3.05) is 18.4 Å². The van der Waals surface area contributed by atoms with Crippen LogP contribution in [0.1, 0.15) is 29.3 Å². The van der Waals surface area contributed by atoms with Crippen LogP contribution < -0.4 is 16.4 Å². The lowest BCUT2D eigenvalue weighted by atomic mass is 10.1. The Hall–Kier alpha value is -2.04. The molecule has 0 saturated carbocycles. The molecule has 0 aliphatic carbocycles. The Morgan fingerprint density at radius 3 is 2.67 bits per heavy atom. The van der Waals surface area contributed by atoms with Crippen molar-refractivity contribution >= 4 is 17.5 Å². The number of rotatable bonds is 6. The second kappa shape index (κ2) is 6.64. The molecule has 18 heavy (non-hydrogen) atoms. The standard InChI is InChI=1S/C13H19N3O2/c1-3-7-15-11(17)8-16-10-6-4-5-9(2)12(10)13(14)18/h4-6,16H,3,7-8H2,1-2H3,(H2,14,18)(H,15,17). The van der Waals surface area contributed by atoms with Gasteiger partial charge in [0.2, 0.25) is 5.91 Å². The Labute approximate surface area is 107 Å². The topological polar surface area (TPSA) is 84.2 Å². The number of hydrogen-bond donors (Lipinski definition) is 3. The first-order chi connectivity index (χ1) is 8.56. The third-order valence-electron chi connectivity index (χ3n) is 2.53. The molecule has 5 nitrogen and oxygen atoms in total. The highest BCUT2D eigenvalue weighted by Gasteiger charge is 2.11. The number of carbonyl (C=O) groups is 2. The maximum Gasteiger partial charge on any atom is 0.251 e. The zero-order chi connectivity index (χ0) is 13.5. The van der Waals surface area contributed by atoms with Gasteiger partial charge in [-0.05, 0) is 25.0 Å². The van der Waals surface area contributed by atoms with Crippen LogP contribution in [0.2, 0.25) is 0 Å². The molecule has 98 valence electrons. The van der Waals surface area contributed by atoms with Crippen molar-refractivity contribution < 1.29 is 9.59 Å². The second-order valence-electron chi connectivity index (χ2n) is 4.07. The van der Waals surface area contributed by atoms with Gasteiger partial charge >= 0.3 is 0 Å². The highest BCUT2D eigenvalue weighted by atomic mass is 16.2. The van der Waals surface area contributed by atoms with Crippen LogP contribution >= 0.6 is 0 Å². The molecule has 0 fully saturated rings. The van der Waals surface area contributed by atoms with E-state index < -0.39 is 5.91 Å². The number of primary amides is 1. The largest absolute Gasteiger partial charge is 0.376 e. The molecule has 0 atom stereocenters. The predicted molar refractivity (Wildman–Crippen MR) is 71.5 cm³/mol. The molecule has 1 aromatic rings. The van der Waals surface area contributed by atoms with E-state index in [0.29, 0.717) is 17.8 Å². The summed E-state index contributed by atoms with van der Waals surface area (Å²) < 4.78 is 0. The molecule has 1 aromatic carbocycles. The normalized spacial score (nSPS) is 9.89. The van der Waals surface area contributed by atoms with E-state index in [0.717, 1.165) is 12.0 Å². The average Bonchev–Trinajstić information content (AvgIpc) is 2.33. The molecular formula is C13H19N3O2. The molecule has 0 bridgehead atoms. The van der Waals surface area contributed by atoms with E-state index in [2.05, 4.69) is 10.6 Å². The number of carbonyl (C=O) groups excluding carboxylic acids is 2. The summed E-state index contributed by atoms with van der Waals surface area (Å²) in [6.45, 7) is 4.57. The minimum atomic E-state index is -0.496. The van der Waals surface area contributed by atoms with E-state index in [-0.39, 0.29) is 12.5 Å². The van der Waals surface area contributed by atoms with Crippen LogP contribution in [0.5, 0.6) is 0 Å². The quantitative estimate of drug-likeness (QED) is 0.704. The SMILES string of the molecule is CCCNC(=O)CNc1cccc(C)c1C(N)=O. The fraction of sp³-hybridized carbons (Fsp3) is 0.385. The zero-order valence-corrected chi connectivity index (χ0v) is 10.7. The van der Waals surface area contributed by atoms with Gasteiger partial charge in [0.05, 0.1) is 12.1 Å². The maximum absolute atomic E-state index is 11.5. The fourth-order valence-corrected chi connectivity index (χ4v) is 1.64. The Morgan fingerprint density at radius 2 is 2.06 bits per heavy atom. The van der Waals surface area contributed by atoms with Gasteiger partial charge in [-0.1, -0.05) is 19.1 Å². The van der Waals surface area contributed by atoms with Crippen LogP contribution in [0.15, 0.2) is 18.2 Å². The van der Waals surface area contributed by atoms with Crippen molar-refractivity contribution in [2.45, 2.75) is 20.3 Å². The van der Waals surface area contributed by atoms with Crippen LogP contribution in [-0.4, -0.2) is 24.9 Å². The molecule has 4 N–H and O–H groups in total. The van der Waals surface area contributed by atoms with Crippen molar-refractivity contribution in [3.05, 3.63) is 29.3 Å². The van der Waals surface area contributed by atoms with Gasteiger partial charge < -0.3 is 16.4 Å². The van der Waals surface area contributed by atoms with E-state index in [9.17, 15) is 9.59 Å². The molecule has 1 rings (SSSR count). The minimum Gasteiger partial charge on any atom is -0.376 e. The van der Waals surface area contributed by atoms with Crippen molar-refractivity contribution in [3.8, 4) is 0 Å². The summed E-state index contributed by atoms with van der Waals surface area (Å²) >= 11 is 0. The third-order valence-corrected chi connectivity index (χ3v) is 2.53. The molecular weight excluding hydrogens is 230 g/mol. The fourth-order valence-electron chi connectivity index (χ4n) is 1.64. The van der Waals surface area contributed by atoms with Crippen LogP contribution in [0.3, 0.4) is 0 Å². The van der Waals surface area contributed by atoms with E-state index in [4.69, 9.17) is 5.73 Å². The Balaban J connectivity index is 2.70. The number of nitrogens with one attached hydrogen (secondary N) is 2. The Kier molecular flexibility index (Phi) is 5.17. The van der Waals surface area contributed by atoms with Crippen LogP contribution in [0.25, 0.3) is 0 Å². The van der Waals surface area contributed by atoms with Gasteiger partial charge in [0.15, 0.2) is 0 Å². The molecule has 0 unspecified atom stereocenters. The number of hydrogen-bond acceptors (Lipinski definition) is 3. The molecule has 0 spiro atoms. The summed E-state index contributed by atoms with van der Waals surface area (Å²) in [5.74, 6) is -0.599. The molecule has 0 heterocycles. The number of aryl methyl sites for hydroxylation is 1. The molecule has 0 aliphatic rings. The zero-order valence-electron chi connectivity index (χ0n) is 10.7.